The number of nitrogens with one attached hydrogen (secondary N) is 1. The molecule has 0 bridgehead atoms. The van der Waals surface area contributed by atoms with E-state index in [0.29, 0.717) is 4.47 Å². The van der Waals surface area contributed by atoms with Crippen LogP contribution in [0.3, 0.4) is 0 Å². The fourth-order valence-corrected chi connectivity index (χ4v) is 3.16. The van der Waals surface area contributed by atoms with Gasteiger partial charge in [0.2, 0.25) is 0 Å². The van der Waals surface area contributed by atoms with Crippen molar-refractivity contribution in [2.75, 3.05) is 4.72 Å². The van der Waals surface area contributed by atoms with Crippen LogP contribution in [0.25, 0.3) is 0 Å². The number of rotatable bonds is 4. The third-order valence-electron chi connectivity index (χ3n) is 2.54. The van der Waals surface area contributed by atoms with E-state index >= 15 is 0 Å². The van der Waals surface area contributed by atoms with Crippen molar-refractivity contribution in [3.05, 3.63) is 58.3 Å². The van der Waals surface area contributed by atoms with Crippen LogP contribution >= 0.6 is 15.9 Å². The van der Waals surface area contributed by atoms with E-state index in [4.69, 9.17) is 5.11 Å². The van der Waals surface area contributed by atoms with E-state index in [0.717, 1.165) is 18.2 Å². The molecule has 21 heavy (non-hydrogen) atoms. The SMILES string of the molecule is O=C(O)c1ccc(F)c(S(=O)(=O)Nc2cccc(Br)c2)c1. The molecule has 2 N–H and O–H groups in total. The average Bonchev–Trinajstić information content (AvgIpc) is 2.38. The van der Waals surface area contributed by atoms with Gasteiger partial charge in [-0.15, -0.1) is 0 Å². The zero-order valence-corrected chi connectivity index (χ0v) is 12.8. The Balaban J connectivity index is 2.44. The number of carbonyl (C=O) groups is 1. The fraction of sp³-hybridized carbons (Fsp3) is 0. The Labute approximate surface area is 128 Å². The van der Waals surface area contributed by atoms with Crippen molar-refractivity contribution in [3.8, 4) is 0 Å². The molecule has 0 aromatic heterocycles. The third-order valence-corrected chi connectivity index (χ3v) is 4.43. The van der Waals surface area contributed by atoms with Crippen molar-refractivity contribution in [1.29, 1.82) is 0 Å². The summed E-state index contributed by atoms with van der Waals surface area (Å²) >= 11 is 3.18. The lowest BCUT2D eigenvalue weighted by molar-refractivity contribution is 0.0696. The highest BCUT2D eigenvalue weighted by Crippen LogP contribution is 2.22. The number of aromatic carboxylic acids is 1. The van der Waals surface area contributed by atoms with Gasteiger partial charge in [0.15, 0.2) is 0 Å². The predicted molar refractivity (Wildman–Crippen MR) is 78.3 cm³/mol. The first-order valence-corrected chi connectivity index (χ1v) is 7.88. The summed E-state index contributed by atoms with van der Waals surface area (Å²) in [5, 5.41) is 8.85. The summed E-state index contributed by atoms with van der Waals surface area (Å²) in [6.45, 7) is 0. The quantitative estimate of drug-likeness (QED) is 0.862. The van der Waals surface area contributed by atoms with Gasteiger partial charge >= 0.3 is 5.97 Å². The van der Waals surface area contributed by atoms with Crippen LogP contribution in [0.15, 0.2) is 51.8 Å². The van der Waals surface area contributed by atoms with Crippen molar-refractivity contribution in [1.82, 2.24) is 0 Å². The number of halogens is 2. The van der Waals surface area contributed by atoms with Gasteiger partial charge < -0.3 is 5.11 Å². The van der Waals surface area contributed by atoms with Gasteiger partial charge in [-0.25, -0.2) is 17.6 Å². The van der Waals surface area contributed by atoms with E-state index in [9.17, 15) is 17.6 Å². The van der Waals surface area contributed by atoms with Gasteiger partial charge in [0.05, 0.1) is 5.56 Å². The van der Waals surface area contributed by atoms with Crippen LogP contribution in [0.4, 0.5) is 10.1 Å². The van der Waals surface area contributed by atoms with E-state index in [2.05, 4.69) is 20.7 Å². The van der Waals surface area contributed by atoms with Crippen molar-refractivity contribution in [2.24, 2.45) is 0 Å². The van der Waals surface area contributed by atoms with Crippen LogP contribution in [0, 0.1) is 5.82 Å². The summed E-state index contributed by atoms with van der Waals surface area (Å²) in [6.07, 6.45) is 0. The lowest BCUT2D eigenvalue weighted by Crippen LogP contribution is -2.15. The van der Waals surface area contributed by atoms with Crippen LogP contribution < -0.4 is 4.72 Å². The predicted octanol–water partition coefficient (Wildman–Crippen LogP) is 3.09. The highest BCUT2D eigenvalue weighted by atomic mass is 79.9. The molecule has 0 radical (unpaired) electrons. The Morgan fingerprint density at radius 2 is 1.90 bits per heavy atom. The molecule has 0 saturated heterocycles. The summed E-state index contributed by atoms with van der Waals surface area (Å²) in [4.78, 5) is 10.1. The largest absolute Gasteiger partial charge is 0.478 e. The summed E-state index contributed by atoms with van der Waals surface area (Å²) in [5.41, 5.74) is -0.0875. The molecule has 0 unspecified atom stereocenters. The Hall–Kier alpha value is -1.93. The maximum absolute atomic E-state index is 13.7. The Morgan fingerprint density at radius 3 is 2.52 bits per heavy atom. The van der Waals surface area contributed by atoms with Gasteiger partial charge in [0.1, 0.15) is 10.7 Å². The fourth-order valence-electron chi connectivity index (χ4n) is 1.60. The van der Waals surface area contributed by atoms with Crippen LogP contribution in [-0.2, 0) is 10.0 Å². The molecule has 2 aromatic rings. The third kappa shape index (κ3) is 3.59. The zero-order chi connectivity index (χ0) is 15.6. The maximum atomic E-state index is 13.7. The Bertz CT molecular complexity index is 808. The molecule has 2 rings (SSSR count). The van der Waals surface area contributed by atoms with Gasteiger partial charge in [-0.1, -0.05) is 22.0 Å². The summed E-state index contributed by atoms with van der Waals surface area (Å²) in [7, 11) is -4.23. The van der Waals surface area contributed by atoms with Crippen LogP contribution in [0.1, 0.15) is 10.4 Å². The number of hydrogen-bond acceptors (Lipinski definition) is 3. The molecular formula is C13H9BrFNO4S. The van der Waals surface area contributed by atoms with Gasteiger partial charge in [-0.05, 0) is 36.4 Å². The second-order valence-electron chi connectivity index (χ2n) is 4.07. The molecule has 0 aliphatic carbocycles. The molecule has 0 aliphatic rings. The van der Waals surface area contributed by atoms with Crippen molar-refractivity contribution in [3.63, 3.8) is 0 Å². The molecule has 0 amide bonds. The lowest BCUT2D eigenvalue weighted by atomic mass is 10.2. The Kier molecular flexibility index (Phi) is 4.29. The first kappa shape index (κ1) is 15.5. The molecule has 5 nitrogen and oxygen atoms in total. The van der Waals surface area contributed by atoms with Crippen LogP contribution in [0.2, 0.25) is 0 Å². The number of carboxylic acid groups (broad SMARTS) is 1. The molecule has 0 aliphatic heterocycles. The normalized spacial score (nSPS) is 11.1. The molecule has 2 aromatic carbocycles. The highest BCUT2D eigenvalue weighted by molar-refractivity contribution is 9.10. The number of carboxylic acids is 1. The van der Waals surface area contributed by atoms with Gasteiger partial charge in [-0.3, -0.25) is 4.72 Å². The maximum Gasteiger partial charge on any atom is 0.335 e. The van der Waals surface area contributed by atoms with E-state index in [1.807, 2.05) is 0 Å². The first-order valence-electron chi connectivity index (χ1n) is 5.61. The van der Waals surface area contributed by atoms with Crippen LogP contribution in [0.5, 0.6) is 0 Å². The molecule has 0 spiro atoms. The minimum Gasteiger partial charge on any atom is -0.478 e. The molecule has 8 heteroatoms. The molecular weight excluding hydrogens is 365 g/mol. The zero-order valence-electron chi connectivity index (χ0n) is 10.4. The molecule has 110 valence electrons. The average molecular weight is 374 g/mol. The second-order valence-corrected chi connectivity index (χ2v) is 6.63. The number of anilines is 1. The van der Waals surface area contributed by atoms with E-state index < -0.39 is 26.7 Å². The number of sulfonamides is 1. The second kappa shape index (κ2) is 5.82. The smallest absolute Gasteiger partial charge is 0.335 e. The highest BCUT2D eigenvalue weighted by Gasteiger charge is 2.21. The Morgan fingerprint density at radius 1 is 1.19 bits per heavy atom. The monoisotopic (exact) mass is 373 g/mol. The van der Waals surface area contributed by atoms with Gasteiger partial charge in [0.25, 0.3) is 10.0 Å². The van der Waals surface area contributed by atoms with E-state index in [1.54, 1.807) is 12.1 Å². The molecule has 0 fully saturated rings. The summed E-state index contributed by atoms with van der Waals surface area (Å²) < 4.78 is 40.8. The van der Waals surface area contributed by atoms with Gasteiger partial charge in [0, 0.05) is 10.2 Å². The van der Waals surface area contributed by atoms with Crippen LogP contribution in [-0.4, -0.2) is 19.5 Å². The van der Waals surface area contributed by atoms with Gasteiger partial charge in [-0.2, -0.15) is 0 Å². The topological polar surface area (TPSA) is 83.5 Å². The van der Waals surface area contributed by atoms with Crippen molar-refractivity contribution >= 4 is 37.6 Å². The number of benzene rings is 2. The summed E-state index contributed by atoms with van der Waals surface area (Å²) in [6, 6.07) is 8.86. The minimum absolute atomic E-state index is 0.226. The molecule has 0 heterocycles. The molecule has 0 saturated carbocycles. The van der Waals surface area contributed by atoms with Crippen molar-refractivity contribution in [2.45, 2.75) is 4.90 Å². The lowest BCUT2D eigenvalue weighted by Gasteiger charge is -2.09. The first-order chi connectivity index (χ1) is 9.79. The minimum atomic E-state index is -4.23. The molecule has 0 atom stereocenters. The van der Waals surface area contributed by atoms with Crippen molar-refractivity contribution < 1.29 is 22.7 Å². The van der Waals surface area contributed by atoms with E-state index in [1.165, 1.54) is 12.1 Å². The summed E-state index contributed by atoms with van der Waals surface area (Å²) in [5.74, 6) is -2.36. The standard InChI is InChI=1S/C13H9BrFNO4S/c14-9-2-1-3-10(7-9)16-21(19,20)12-6-8(13(17)18)4-5-11(12)15/h1-7,16H,(H,17,18). The number of hydrogen-bond donors (Lipinski definition) is 2. The van der Waals surface area contributed by atoms with E-state index in [-0.39, 0.29) is 11.3 Å².